The minimum Gasteiger partial charge on any atom is -0.342 e. The van der Waals surface area contributed by atoms with Crippen LogP contribution < -0.4 is 11.2 Å². The first-order valence-corrected chi connectivity index (χ1v) is 8.20. The van der Waals surface area contributed by atoms with Crippen molar-refractivity contribution < 1.29 is 13.9 Å². The molecule has 1 saturated heterocycles. The maximum Gasteiger partial charge on any atom is 0.328 e. The molecule has 2 heterocycles. The Kier molecular flexibility index (Phi) is 3.53. The van der Waals surface area contributed by atoms with Crippen LogP contribution in [0.4, 0.5) is 4.39 Å². The van der Waals surface area contributed by atoms with Crippen LogP contribution in [0.3, 0.4) is 0 Å². The van der Waals surface area contributed by atoms with Crippen molar-refractivity contribution in [3.05, 3.63) is 33.1 Å². The van der Waals surface area contributed by atoms with Crippen molar-refractivity contribution in [1.82, 2.24) is 9.55 Å². The van der Waals surface area contributed by atoms with Crippen molar-refractivity contribution in [1.29, 1.82) is 0 Å². The summed E-state index contributed by atoms with van der Waals surface area (Å²) in [6, 6.07) is 0.750. The highest BCUT2D eigenvalue weighted by Gasteiger charge is 2.62. The number of hydrogen-bond acceptors (Lipinski definition) is 4. The van der Waals surface area contributed by atoms with Crippen LogP contribution in [0.2, 0.25) is 0 Å². The lowest BCUT2D eigenvalue weighted by Gasteiger charge is -2.26. The molecule has 0 amide bonds. The van der Waals surface area contributed by atoms with Crippen molar-refractivity contribution in [2.24, 2.45) is 0 Å². The maximum absolute atomic E-state index is 15.1. The lowest BCUT2D eigenvalue weighted by Crippen LogP contribution is -2.39. The van der Waals surface area contributed by atoms with E-state index in [1.165, 1.54) is 16.8 Å². The standard InChI is InChI=1S/C13H16FIN2O4/c1-12(2)20-9-7(5-13(14,6-15)10(9)21-12)17-4-3-8(18)16-11(17)19/h3-4,7,9-10H,5-6H2,1-2H3,(H,16,18,19)/t7-,9+,10+,13+/m1/s1. The second kappa shape index (κ2) is 4.88. The van der Waals surface area contributed by atoms with Crippen LogP contribution in [0.25, 0.3) is 0 Å². The normalized spacial score (nSPS) is 37.6. The van der Waals surface area contributed by atoms with Gasteiger partial charge >= 0.3 is 5.69 Å². The molecule has 1 aromatic rings. The number of aromatic nitrogens is 2. The zero-order valence-corrected chi connectivity index (χ0v) is 13.8. The Hall–Kier alpha value is -0.740. The van der Waals surface area contributed by atoms with Gasteiger partial charge in [-0.2, -0.15) is 0 Å². The Morgan fingerprint density at radius 3 is 2.81 bits per heavy atom. The highest BCUT2D eigenvalue weighted by Crippen LogP contribution is 2.50. The number of H-pyrrole nitrogens is 1. The summed E-state index contributed by atoms with van der Waals surface area (Å²) >= 11 is 1.98. The lowest BCUT2D eigenvalue weighted by molar-refractivity contribution is -0.169. The maximum atomic E-state index is 15.1. The number of aromatic amines is 1. The summed E-state index contributed by atoms with van der Waals surface area (Å²) < 4.78 is 28.2. The van der Waals surface area contributed by atoms with Gasteiger partial charge in [0.1, 0.15) is 12.2 Å². The van der Waals surface area contributed by atoms with Crippen LogP contribution in [0.15, 0.2) is 21.9 Å². The minimum atomic E-state index is -1.56. The summed E-state index contributed by atoms with van der Waals surface area (Å²) in [5.41, 5.74) is -2.59. The van der Waals surface area contributed by atoms with Gasteiger partial charge in [-0.25, -0.2) is 9.18 Å². The lowest BCUT2D eigenvalue weighted by atomic mass is 10.1. The molecule has 1 saturated carbocycles. The van der Waals surface area contributed by atoms with Gasteiger partial charge in [0.05, 0.1) is 6.04 Å². The zero-order valence-electron chi connectivity index (χ0n) is 11.6. The van der Waals surface area contributed by atoms with Gasteiger partial charge in [-0.15, -0.1) is 0 Å². The monoisotopic (exact) mass is 410 g/mol. The van der Waals surface area contributed by atoms with E-state index in [1.54, 1.807) is 13.8 Å². The van der Waals surface area contributed by atoms with Gasteiger partial charge in [-0.1, -0.05) is 22.6 Å². The Morgan fingerprint density at radius 1 is 1.48 bits per heavy atom. The fourth-order valence-electron chi connectivity index (χ4n) is 3.13. The number of hydrogen-bond donors (Lipinski definition) is 1. The molecule has 1 aliphatic heterocycles. The van der Waals surface area contributed by atoms with Crippen LogP contribution in [0.5, 0.6) is 0 Å². The quantitative estimate of drug-likeness (QED) is 0.587. The van der Waals surface area contributed by atoms with E-state index in [2.05, 4.69) is 4.98 Å². The molecule has 3 rings (SSSR count). The summed E-state index contributed by atoms with van der Waals surface area (Å²) in [6.45, 7) is 3.46. The van der Waals surface area contributed by atoms with Crippen LogP contribution >= 0.6 is 22.6 Å². The van der Waals surface area contributed by atoms with E-state index in [-0.39, 0.29) is 10.8 Å². The van der Waals surface area contributed by atoms with Crippen LogP contribution in [-0.2, 0) is 9.47 Å². The molecule has 0 aromatic carbocycles. The van der Waals surface area contributed by atoms with Crippen molar-refractivity contribution in [2.75, 3.05) is 4.43 Å². The van der Waals surface area contributed by atoms with Gasteiger partial charge in [-0.3, -0.25) is 14.3 Å². The van der Waals surface area contributed by atoms with Gasteiger partial charge in [-0.05, 0) is 13.8 Å². The molecule has 6 nitrogen and oxygen atoms in total. The highest BCUT2D eigenvalue weighted by molar-refractivity contribution is 14.1. The van der Waals surface area contributed by atoms with Gasteiger partial charge < -0.3 is 9.47 Å². The molecule has 2 aliphatic rings. The van der Waals surface area contributed by atoms with Gasteiger partial charge in [0, 0.05) is 23.1 Å². The number of fused-ring (bicyclic) bond motifs is 1. The molecule has 21 heavy (non-hydrogen) atoms. The molecular weight excluding hydrogens is 394 g/mol. The average molecular weight is 410 g/mol. The molecule has 8 heteroatoms. The molecule has 0 unspecified atom stereocenters. The summed E-state index contributed by atoms with van der Waals surface area (Å²) in [4.78, 5) is 25.3. The molecule has 1 aliphatic carbocycles. The average Bonchev–Trinajstić information content (AvgIpc) is 2.84. The number of halogens is 2. The van der Waals surface area contributed by atoms with Gasteiger partial charge in [0.25, 0.3) is 5.56 Å². The Bertz CT molecular complexity index is 673. The number of ether oxygens (including phenoxy) is 2. The molecule has 1 N–H and O–H groups in total. The van der Waals surface area contributed by atoms with E-state index in [0.717, 1.165) is 0 Å². The molecule has 2 fully saturated rings. The zero-order chi connectivity index (χ0) is 15.4. The topological polar surface area (TPSA) is 73.3 Å². The summed E-state index contributed by atoms with van der Waals surface area (Å²) in [5.74, 6) is -0.886. The third kappa shape index (κ3) is 2.46. The summed E-state index contributed by atoms with van der Waals surface area (Å²) in [7, 11) is 0. The van der Waals surface area contributed by atoms with Gasteiger partial charge in [0.15, 0.2) is 11.5 Å². The van der Waals surface area contributed by atoms with E-state index in [0.29, 0.717) is 0 Å². The molecule has 0 bridgehead atoms. The second-order valence-corrected chi connectivity index (χ2v) is 6.74. The van der Waals surface area contributed by atoms with Crippen molar-refractivity contribution in [3.8, 4) is 0 Å². The minimum absolute atomic E-state index is 0.118. The third-order valence-corrected chi connectivity index (χ3v) is 5.27. The number of nitrogens with one attached hydrogen (secondary N) is 1. The summed E-state index contributed by atoms with van der Waals surface area (Å²) in [6.07, 6.45) is 0.237. The third-order valence-electron chi connectivity index (χ3n) is 4.00. The first-order valence-electron chi connectivity index (χ1n) is 6.68. The van der Waals surface area contributed by atoms with E-state index in [1.807, 2.05) is 22.6 Å². The second-order valence-electron chi connectivity index (χ2n) is 5.98. The largest absolute Gasteiger partial charge is 0.342 e. The Balaban J connectivity index is 2.04. The molecule has 4 atom stereocenters. The summed E-state index contributed by atoms with van der Waals surface area (Å²) in [5, 5.41) is 0. The fraction of sp³-hybridized carbons (Fsp3) is 0.692. The Morgan fingerprint density at radius 2 is 2.19 bits per heavy atom. The smallest absolute Gasteiger partial charge is 0.328 e. The van der Waals surface area contributed by atoms with E-state index < -0.39 is 41.0 Å². The van der Waals surface area contributed by atoms with E-state index >= 15 is 4.39 Å². The van der Waals surface area contributed by atoms with Gasteiger partial charge in [0.2, 0.25) is 0 Å². The number of nitrogens with zero attached hydrogens (tertiary/aromatic N) is 1. The fourth-order valence-corrected chi connectivity index (χ4v) is 3.87. The Labute approximate surface area is 133 Å². The van der Waals surface area contributed by atoms with E-state index in [4.69, 9.17) is 9.47 Å². The van der Waals surface area contributed by atoms with E-state index in [9.17, 15) is 9.59 Å². The molecule has 116 valence electrons. The highest BCUT2D eigenvalue weighted by atomic mass is 127. The molecular formula is C13H16FIN2O4. The van der Waals surface area contributed by atoms with Crippen molar-refractivity contribution in [2.45, 2.75) is 50.0 Å². The predicted molar refractivity (Wildman–Crippen MR) is 81.5 cm³/mol. The molecule has 0 spiro atoms. The first-order chi connectivity index (χ1) is 9.76. The molecule has 1 aromatic heterocycles. The van der Waals surface area contributed by atoms with Crippen molar-refractivity contribution >= 4 is 22.6 Å². The van der Waals surface area contributed by atoms with Crippen LogP contribution in [0, 0.1) is 0 Å². The predicted octanol–water partition coefficient (Wildman–Crippen LogP) is 1.14. The van der Waals surface area contributed by atoms with Crippen LogP contribution in [0.1, 0.15) is 26.3 Å². The van der Waals surface area contributed by atoms with Crippen LogP contribution in [-0.4, -0.2) is 37.6 Å². The van der Waals surface area contributed by atoms with Crippen molar-refractivity contribution in [3.63, 3.8) is 0 Å². The molecule has 0 radical (unpaired) electrons. The SMILES string of the molecule is CC1(C)O[C@H]2[C@H](n3ccc(=O)[nH]c3=O)C[C@](F)(CI)[C@H]2O1. The first kappa shape index (κ1) is 15.2. The number of rotatable bonds is 2. The number of alkyl halides is 2.